The van der Waals surface area contributed by atoms with E-state index >= 15 is 0 Å². The molecule has 0 atom stereocenters. The number of hydrogen-bond acceptors (Lipinski definition) is 3. The van der Waals surface area contributed by atoms with Gasteiger partial charge in [-0.05, 0) is 43.5 Å². The fourth-order valence-electron chi connectivity index (χ4n) is 2.56. The van der Waals surface area contributed by atoms with Gasteiger partial charge in [-0.3, -0.25) is 9.59 Å². The van der Waals surface area contributed by atoms with Crippen molar-refractivity contribution in [1.82, 2.24) is 5.32 Å². The zero-order chi connectivity index (χ0) is 15.8. The van der Waals surface area contributed by atoms with Gasteiger partial charge in [0.25, 0.3) is 11.8 Å². The highest BCUT2D eigenvalue weighted by Crippen LogP contribution is 2.21. The zero-order valence-electron chi connectivity index (χ0n) is 13.1. The lowest BCUT2D eigenvalue weighted by molar-refractivity contribution is -0.632. The van der Waals surface area contributed by atoms with E-state index in [0.29, 0.717) is 0 Å². The normalized spacial score (nSPS) is 14.5. The molecule has 0 spiro atoms. The van der Waals surface area contributed by atoms with Crippen LogP contribution >= 0.6 is 0 Å². The van der Waals surface area contributed by atoms with Crippen LogP contribution in [0, 0.1) is 0 Å². The van der Waals surface area contributed by atoms with Crippen LogP contribution in [0.15, 0.2) is 24.3 Å². The molecule has 2 amide bonds. The maximum Gasteiger partial charge on any atom is 0.279 e. The van der Waals surface area contributed by atoms with Crippen molar-refractivity contribution in [2.75, 3.05) is 43.4 Å². The summed E-state index contributed by atoms with van der Waals surface area (Å²) in [7, 11) is 1.58. The van der Waals surface area contributed by atoms with Crippen molar-refractivity contribution in [2.24, 2.45) is 0 Å². The van der Waals surface area contributed by atoms with Crippen LogP contribution < -0.4 is 20.9 Å². The second-order valence-corrected chi connectivity index (χ2v) is 5.51. The predicted molar refractivity (Wildman–Crippen MR) is 86.9 cm³/mol. The number of carbonyl (C=O) groups excluding carboxylic acids is 2. The van der Waals surface area contributed by atoms with Crippen LogP contribution in [0.4, 0.5) is 11.4 Å². The number of nitrogens with two attached hydrogens (primary N) is 1. The zero-order valence-corrected chi connectivity index (χ0v) is 13.1. The number of hydrogen-bond donors (Lipinski definition) is 3. The number of nitrogens with zero attached hydrogens (tertiary/aromatic N) is 1. The third kappa shape index (κ3) is 5.04. The number of likely N-dealkylation sites (N-methyl/N-ethyl adjacent to an activating group) is 1. The fourth-order valence-corrected chi connectivity index (χ4v) is 2.56. The van der Waals surface area contributed by atoms with Crippen molar-refractivity contribution in [3.05, 3.63) is 24.3 Å². The minimum atomic E-state index is -0.102. The first kappa shape index (κ1) is 16.3. The molecule has 6 nitrogen and oxygen atoms in total. The first-order valence-electron chi connectivity index (χ1n) is 7.86. The van der Waals surface area contributed by atoms with Crippen LogP contribution in [-0.2, 0) is 9.59 Å². The van der Waals surface area contributed by atoms with Gasteiger partial charge in [0.05, 0.1) is 0 Å². The Morgan fingerprint density at radius 3 is 2.32 bits per heavy atom. The van der Waals surface area contributed by atoms with Gasteiger partial charge < -0.3 is 20.9 Å². The summed E-state index contributed by atoms with van der Waals surface area (Å²) in [5.74, 6) is -0.187. The molecular formula is C16H25N4O2+. The summed E-state index contributed by atoms with van der Waals surface area (Å²) < 4.78 is 0. The number of anilines is 2. The molecule has 22 heavy (non-hydrogen) atoms. The molecule has 0 radical (unpaired) electrons. The van der Waals surface area contributed by atoms with Gasteiger partial charge in [0.2, 0.25) is 0 Å². The summed E-state index contributed by atoms with van der Waals surface area (Å²) in [4.78, 5) is 25.2. The number of amides is 2. The minimum absolute atomic E-state index is 0.0846. The highest BCUT2D eigenvalue weighted by molar-refractivity contribution is 5.91. The van der Waals surface area contributed by atoms with E-state index in [1.807, 2.05) is 12.1 Å². The number of piperidine rings is 1. The van der Waals surface area contributed by atoms with Gasteiger partial charge in [-0.15, -0.1) is 0 Å². The van der Waals surface area contributed by atoms with E-state index in [4.69, 9.17) is 0 Å². The van der Waals surface area contributed by atoms with E-state index in [1.165, 1.54) is 24.9 Å². The van der Waals surface area contributed by atoms with E-state index in [9.17, 15) is 9.59 Å². The standard InChI is InChI=1S/C16H24N4O2/c1-17-15(21)11-18-12-16(22)19-13-5-7-14(8-6-13)20-9-3-2-4-10-20/h5-8,18H,2-4,9-12H2,1H3,(H,17,21)(H,19,22)/p+1. The maximum atomic E-state index is 11.8. The van der Waals surface area contributed by atoms with Crippen LogP contribution in [-0.4, -0.2) is 45.0 Å². The molecule has 1 fully saturated rings. The smallest absolute Gasteiger partial charge is 0.279 e. The predicted octanol–water partition coefficient (Wildman–Crippen LogP) is -0.0752. The van der Waals surface area contributed by atoms with Crippen molar-refractivity contribution in [3.8, 4) is 0 Å². The summed E-state index contributed by atoms with van der Waals surface area (Å²) in [6, 6.07) is 7.96. The Bertz CT molecular complexity index is 495. The van der Waals surface area contributed by atoms with Crippen molar-refractivity contribution in [2.45, 2.75) is 19.3 Å². The summed E-state index contributed by atoms with van der Waals surface area (Å²) in [5.41, 5.74) is 2.00. The molecule has 1 aromatic rings. The Labute approximate surface area is 131 Å². The molecule has 2 rings (SSSR count). The van der Waals surface area contributed by atoms with Gasteiger partial charge in [0.1, 0.15) is 0 Å². The maximum absolute atomic E-state index is 11.8. The second kappa shape index (κ2) is 8.38. The van der Waals surface area contributed by atoms with Crippen LogP contribution in [0.3, 0.4) is 0 Å². The van der Waals surface area contributed by atoms with Gasteiger partial charge in [-0.1, -0.05) is 0 Å². The third-order valence-corrected chi connectivity index (χ3v) is 3.81. The fraction of sp³-hybridized carbons (Fsp3) is 0.500. The van der Waals surface area contributed by atoms with E-state index in [-0.39, 0.29) is 24.9 Å². The van der Waals surface area contributed by atoms with E-state index in [2.05, 4.69) is 27.7 Å². The quantitative estimate of drug-likeness (QED) is 0.688. The molecule has 120 valence electrons. The van der Waals surface area contributed by atoms with Crippen LogP contribution in [0.25, 0.3) is 0 Å². The molecule has 6 heteroatoms. The molecule has 0 aliphatic carbocycles. The largest absolute Gasteiger partial charge is 0.372 e. The highest BCUT2D eigenvalue weighted by atomic mass is 16.2. The van der Waals surface area contributed by atoms with E-state index in [0.717, 1.165) is 18.8 Å². The minimum Gasteiger partial charge on any atom is -0.372 e. The summed E-state index contributed by atoms with van der Waals surface area (Å²) in [6.07, 6.45) is 3.82. The Hall–Kier alpha value is -2.08. The lowest BCUT2D eigenvalue weighted by Crippen LogP contribution is -2.88. The molecule has 0 bridgehead atoms. The lowest BCUT2D eigenvalue weighted by Gasteiger charge is -2.28. The monoisotopic (exact) mass is 305 g/mol. The number of benzene rings is 1. The number of carbonyl (C=O) groups is 2. The molecule has 1 heterocycles. The van der Waals surface area contributed by atoms with Crippen LogP contribution in [0.5, 0.6) is 0 Å². The first-order valence-corrected chi connectivity index (χ1v) is 7.86. The van der Waals surface area contributed by atoms with Crippen LogP contribution in [0.2, 0.25) is 0 Å². The molecule has 0 saturated carbocycles. The highest BCUT2D eigenvalue weighted by Gasteiger charge is 2.11. The Kier molecular flexibility index (Phi) is 6.21. The van der Waals surface area contributed by atoms with Crippen molar-refractivity contribution in [3.63, 3.8) is 0 Å². The van der Waals surface area contributed by atoms with Crippen LogP contribution in [0.1, 0.15) is 19.3 Å². The number of quaternary nitrogens is 1. The number of rotatable bonds is 6. The first-order chi connectivity index (χ1) is 10.7. The van der Waals surface area contributed by atoms with E-state index in [1.54, 1.807) is 12.4 Å². The second-order valence-electron chi connectivity index (χ2n) is 5.51. The van der Waals surface area contributed by atoms with Gasteiger partial charge >= 0.3 is 0 Å². The van der Waals surface area contributed by atoms with Gasteiger partial charge in [0, 0.05) is 31.5 Å². The molecule has 1 aromatic carbocycles. The molecule has 0 aromatic heterocycles. The molecular weight excluding hydrogens is 280 g/mol. The van der Waals surface area contributed by atoms with E-state index < -0.39 is 0 Å². The van der Waals surface area contributed by atoms with Gasteiger partial charge in [-0.2, -0.15) is 0 Å². The topological polar surface area (TPSA) is 78.0 Å². The average Bonchev–Trinajstić information content (AvgIpc) is 2.56. The third-order valence-electron chi connectivity index (χ3n) is 3.81. The Morgan fingerprint density at radius 1 is 1.05 bits per heavy atom. The Balaban J connectivity index is 1.78. The van der Waals surface area contributed by atoms with Crippen molar-refractivity contribution >= 4 is 23.2 Å². The van der Waals surface area contributed by atoms with Gasteiger partial charge in [0.15, 0.2) is 13.1 Å². The molecule has 1 aliphatic rings. The average molecular weight is 305 g/mol. The van der Waals surface area contributed by atoms with Crippen molar-refractivity contribution in [1.29, 1.82) is 0 Å². The van der Waals surface area contributed by atoms with Crippen molar-refractivity contribution < 1.29 is 14.9 Å². The molecule has 0 unspecified atom stereocenters. The van der Waals surface area contributed by atoms with Gasteiger partial charge in [-0.25, -0.2) is 0 Å². The lowest BCUT2D eigenvalue weighted by atomic mass is 10.1. The summed E-state index contributed by atoms with van der Waals surface area (Å²) in [5, 5.41) is 7.04. The Morgan fingerprint density at radius 2 is 1.68 bits per heavy atom. The molecule has 1 aliphatic heterocycles. The molecule has 1 saturated heterocycles. The molecule has 4 N–H and O–H groups in total. The summed E-state index contributed by atoms with van der Waals surface area (Å²) >= 11 is 0. The number of nitrogens with one attached hydrogen (secondary N) is 2. The SMILES string of the molecule is CNC(=O)C[NH2+]CC(=O)Nc1ccc(N2CCCCC2)cc1. The summed E-state index contributed by atoms with van der Waals surface area (Å²) in [6.45, 7) is 2.72.